The summed E-state index contributed by atoms with van der Waals surface area (Å²) in [4.78, 5) is 12.3. The third-order valence-corrected chi connectivity index (χ3v) is 3.63. The molecule has 2 aromatic rings. The number of nitrogens with one attached hydrogen (secondary N) is 1. The zero-order chi connectivity index (χ0) is 14.7. The van der Waals surface area contributed by atoms with Gasteiger partial charge in [0.2, 0.25) is 0 Å². The molecule has 1 amide bonds. The molecule has 0 radical (unpaired) electrons. The van der Waals surface area contributed by atoms with Gasteiger partial charge in [-0.15, -0.1) is 0 Å². The van der Waals surface area contributed by atoms with Crippen LogP contribution in [0.4, 0.5) is 5.69 Å². The van der Waals surface area contributed by atoms with Crippen molar-refractivity contribution in [2.24, 2.45) is 0 Å². The molecular formula is C16H15Cl2NO. The minimum absolute atomic E-state index is 0.297. The van der Waals surface area contributed by atoms with E-state index >= 15 is 0 Å². The van der Waals surface area contributed by atoms with E-state index in [0.717, 1.165) is 11.3 Å². The van der Waals surface area contributed by atoms with Crippen LogP contribution in [0.2, 0.25) is 10.0 Å². The molecular weight excluding hydrogens is 293 g/mol. The monoisotopic (exact) mass is 307 g/mol. The molecule has 2 aromatic carbocycles. The predicted molar refractivity (Wildman–Crippen MR) is 84.9 cm³/mol. The number of anilines is 1. The van der Waals surface area contributed by atoms with Crippen LogP contribution < -0.4 is 5.32 Å². The van der Waals surface area contributed by atoms with Gasteiger partial charge in [-0.1, -0.05) is 55.2 Å². The van der Waals surface area contributed by atoms with Crippen molar-refractivity contribution < 1.29 is 4.79 Å². The number of hydrogen-bond donors (Lipinski definition) is 1. The molecule has 4 heteroatoms. The Balaban J connectivity index is 2.26. The van der Waals surface area contributed by atoms with Crippen molar-refractivity contribution in [2.45, 2.75) is 19.8 Å². The lowest BCUT2D eigenvalue weighted by molar-refractivity contribution is 0.102. The van der Waals surface area contributed by atoms with Gasteiger partial charge in [0.25, 0.3) is 5.91 Å². The maximum atomic E-state index is 12.3. The summed E-state index contributed by atoms with van der Waals surface area (Å²) in [5.74, 6) is 0.0947. The quantitative estimate of drug-likeness (QED) is 0.811. The molecule has 1 N–H and O–H groups in total. The summed E-state index contributed by atoms with van der Waals surface area (Å²) >= 11 is 12.1. The van der Waals surface area contributed by atoms with E-state index in [1.165, 1.54) is 0 Å². The minimum Gasteiger partial charge on any atom is -0.322 e. The van der Waals surface area contributed by atoms with Crippen molar-refractivity contribution in [3.8, 4) is 0 Å². The van der Waals surface area contributed by atoms with Crippen molar-refractivity contribution in [2.75, 3.05) is 5.32 Å². The van der Waals surface area contributed by atoms with Gasteiger partial charge in [0.15, 0.2) is 0 Å². The van der Waals surface area contributed by atoms with Crippen LogP contribution in [0.15, 0.2) is 42.5 Å². The van der Waals surface area contributed by atoms with E-state index in [1.807, 2.05) is 24.3 Å². The Morgan fingerprint density at radius 2 is 1.65 bits per heavy atom. The van der Waals surface area contributed by atoms with Crippen LogP contribution in [-0.2, 0) is 0 Å². The van der Waals surface area contributed by atoms with Crippen LogP contribution in [0.1, 0.15) is 35.7 Å². The number of benzene rings is 2. The fourth-order valence-electron chi connectivity index (χ4n) is 1.88. The maximum absolute atomic E-state index is 12.3. The number of carbonyl (C=O) groups is 1. The maximum Gasteiger partial charge on any atom is 0.258 e. The van der Waals surface area contributed by atoms with Gasteiger partial charge >= 0.3 is 0 Å². The lowest BCUT2D eigenvalue weighted by Gasteiger charge is -2.11. The second-order valence-electron chi connectivity index (χ2n) is 4.83. The van der Waals surface area contributed by atoms with E-state index in [9.17, 15) is 4.79 Å². The smallest absolute Gasteiger partial charge is 0.258 e. The Bertz CT molecular complexity index is 618. The highest BCUT2D eigenvalue weighted by Crippen LogP contribution is 2.26. The van der Waals surface area contributed by atoms with Crippen LogP contribution >= 0.6 is 23.2 Å². The Labute approximate surface area is 128 Å². The lowest BCUT2D eigenvalue weighted by atomic mass is 10.0. The van der Waals surface area contributed by atoms with E-state index in [-0.39, 0.29) is 5.91 Å². The Morgan fingerprint density at radius 3 is 2.25 bits per heavy atom. The zero-order valence-electron chi connectivity index (χ0n) is 11.3. The molecule has 104 valence electrons. The highest BCUT2D eigenvalue weighted by Gasteiger charge is 2.14. The normalized spacial score (nSPS) is 10.7. The van der Waals surface area contributed by atoms with Crippen molar-refractivity contribution in [3.63, 3.8) is 0 Å². The molecule has 0 atom stereocenters. The lowest BCUT2D eigenvalue weighted by Crippen LogP contribution is -2.13. The second-order valence-corrected chi connectivity index (χ2v) is 5.65. The SMILES string of the molecule is CC(C)c1cccc(NC(=O)c2c(Cl)cccc2Cl)c1. The highest BCUT2D eigenvalue weighted by atomic mass is 35.5. The van der Waals surface area contributed by atoms with Gasteiger partial charge in [0, 0.05) is 5.69 Å². The molecule has 0 saturated carbocycles. The third-order valence-electron chi connectivity index (χ3n) is 3.00. The largest absolute Gasteiger partial charge is 0.322 e. The Morgan fingerprint density at radius 1 is 1.05 bits per heavy atom. The van der Waals surface area contributed by atoms with Crippen LogP contribution in [0, 0.1) is 0 Å². The molecule has 0 aliphatic carbocycles. The zero-order valence-corrected chi connectivity index (χ0v) is 12.8. The molecule has 0 aromatic heterocycles. The first-order valence-electron chi connectivity index (χ1n) is 6.34. The van der Waals surface area contributed by atoms with Crippen LogP contribution in [0.3, 0.4) is 0 Å². The van der Waals surface area contributed by atoms with Crippen molar-refractivity contribution in [3.05, 3.63) is 63.6 Å². The number of hydrogen-bond acceptors (Lipinski definition) is 1. The first kappa shape index (κ1) is 14.9. The predicted octanol–water partition coefficient (Wildman–Crippen LogP) is 5.37. The molecule has 0 unspecified atom stereocenters. The molecule has 0 aliphatic heterocycles. The standard InChI is InChI=1S/C16H15Cl2NO/c1-10(2)11-5-3-6-12(9-11)19-16(20)15-13(17)7-4-8-14(15)18/h3-10H,1-2H3,(H,19,20). The van der Waals surface area contributed by atoms with E-state index in [4.69, 9.17) is 23.2 Å². The van der Waals surface area contributed by atoms with Gasteiger partial charge in [-0.3, -0.25) is 4.79 Å². The molecule has 0 saturated heterocycles. The molecule has 2 nitrogen and oxygen atoms in total. The fourth-order valence-corrected chi connectivity index (χ4v) is 2.45. The first-order chi connectivity index (χ1) is 9.49. The van der Waals surface area contributed by atoms with Crippen molar-refractivity contribution in [1.82, 2.24) is 0 Å². The van der Waals surface area contributed by atoms with Crippen molar-refractivity contribution in [1.29, 1.82) is 0 Å². The minimum atomic E-state index is -0.304. The van der Waals surface area contributed by atoms with Gasteiger partial charge in [-0.05, 0) is 35.7 Å². The van der Waals surface area contributed by atoms with E-state index in [0.29, 0.717) is 21.5 Å². The van der Waals surface area contributed by atoms with E-state index < -0.39 is 0 Å². The summed E-state index contributed by atoms with van der Waals surface area (Å²) in [6, 6.07) is 12.7. The fraction of sp³-hybridized carbons (Fsp3) is 0.188. The number of rotatable bonds is 3. The first-order valence-corrected chi connectivity index (χ1v) is 7.10. The van der Waals surface area contributed by atoms with Crippen molar-refractivity contribution >= 4 is 34.8 Å². The second kappa shape index (κ2) is 6.29. The summed E-state index contributed by atoms with van der Waals surface area (Å²) in [6.07, 6.45) is 0. The summed E-state index contributed by atoms with van der Waals surface area (Å²) in [5.41, 5.74) is 2.19. The molecule has 0 bridgehead atoms. The van der Waals surface area contributed by atoms with Crippen LogP contribution in [0.25, 0.3) is 0 Å². The van der Waals surface area contributed by atoms with Gasteiger partial charge in [-0.25, -0.2) is 0 Å². The average molecular weight is 308 g/mol. The van der Waals surface area contributed by atoms with Gasteiger partial charge in [0.05, 0.1) is 15.6 Å². The van der Waals surface area contributed by atoms with Crippen LogP contribution in [0.5, 0.6) is 0 Å². The Hall–Kier alpha value is -1.51. The molecule has 0 aliphatic rings. The third kappa shape index (κ3) is 3.33. The summed E-state index contributed by atoms with van der Waals surface area (Å²) in [5, 5.41) is 3.51. The van der Waals surface area contributed by atoms with E-state index in [2.05, 4.69) is 19.2 Å². The number of halogens is 2. The summed E-state index contributed by atoms with van der Waals surface area (Å²) in [7, 11) is 0. The van der Waals surface area contributed by atoms with Crippen LogP contribution in [-0.4, -0.2) is 5.91 Å². The Kier molecular flexibility index (Phi) is 4.69. The average Bonchev–Trinajstić information content (AvgIpc) is 2.38. The molecule has 20 heavy (non-hydrogen) atoms. The van der Waals surface area contributed by atoms with E-state index in [1.54, 1.807) is 18.2 Å². The molecule has 0 spiro atoms. The molecule has 2 rings (SSSR count). The number of amides is 1. The molecule has 0 fully saturated rings. The van der Waals surface area contributed by atoms with Gasteiger partial charge < -0.3 is 5.32 Å². The summed E-state index contributed by atoms with van der Waals surface area (Å²) in [6.45, 7) is 4.21. The molecule has 0 heterocycles. The summed E-state index contributed by atoms with van der Waals surface area (Å²) < 4.78 is 0. The number of carbonyl (C=O) groups excluding carboxylic acids is 1. The topological polar surface area (TPSA) is 29.1 Å². The highest BCUT2D eigenvalue weighted by molar-refractivity contribution is 6.40. The van der Waals surface area contributed by atoms with Gasteiger partial charge in [0.1, 0.15) is 0 Å². The van der Waals surface area contributed by atoms with Gasteiger partial charge in [-0.2, -0.15) is 0 Å².